The van der Waals surface area contributed by atoms with E-state index in [-0.39, 0.29) is 5.41 Å². The van der Waals surface area contributed by atoms with Crippen molar-refractivity contribution in [3.8, 4) is 5.75 Å². The van der Waals surface area contributed by atoms with E-state index in [0.29, 0.717) is 0 Å². The van der Waals surface area contributed by atoms with Gasteiger partial charge >= 0.3 is 0 Å². The van der Waals surface area contributed by atoms with Gasteiger partial charge in [-0.15, -0.1) is 0 Å². The largest absolute Gasteiger partial charge is 0.497 e. The van der Waals surface area contributed by atoms with Crippen molar-refractivity contribution in [2.24, 2.45) is 5.41 Å². The van der Waals surface area contributed by atoms with Crippen molar-refractivity contribution >= 4 is 0 Å². The van der Waals surface area contributed by atoms with Crippen LogP contribution in [-0.4, -0.2) is 33.4 Å². The average Bonchev–Trinajstić information content (AvgIpc) is 2.85. The monoisotopic (exact) mass is 249 g/mol. The summed E-state index contributed by atoms with van der Waals surface area (Å²) in [7, 11) is 1.71. The number of hydrogen-bond acceptors (Lipinski definition) is 3. The van der Waals surface area contributed by atoms with Crippen LogP contribution in [0.15, 0.2) is 24.3 Å². The van der Waals surface area contributed by atoms with Crippen LogP contribution in [0, 0.1) is 5.41 Å². The van der Waals surface area contributed by atoms with E-state index in [2.05, 4.69) is 30.4 Å². The number of nitrogens with one attached hydrogen (secondary N) is 1. The molecule has 2 rings (SSSR count). The fourth-order valence-electron chi connectivity index (χ4n) is 2.60. The first-order valence-corrected chi connectivity index (χ1v) is 6.69. The lowest BCUT2D eigenvalue weighted by Gasteiger charge is -2.28. The molecule has 0 saturated carbocycles. The van der Waals surface area contributed by atoms with Crippen molar-refractivity contribution in [2.75, 3.05) is 33.4 Å². The molecule has 1 aliphatic rings. The van der Waals surface area contributed by atoms with E-state index in [1.165, 1.54) is 5.56 Å². The van der Waals surface area contributed by atoms with Crippen LogP contribution in [0.5, 0.6) is 5.75 Å². The standard InChI is InChI=1S/C15H23NO2/c1-3-16-11-15(7-8-18-12-15)10-13-5-4-6-14(9-13)17-2/h4-6,9,16H,3,7-8,10-12H2,1-2H3. The van der Waals surface area contributed by atoms with Crippen molar-refractivity contribution in [3.63, 3.8) is 0 Å². The highest BCUT2D eigenvalue weighted by Crippen LogP contribution is 2.32. The summed E-state index contributed by atoms with van der Waals surface area (Å²) >= 11 is 0. The lowest BCUT2D eigenvalue weighted by Crippen LogP contribution is -2.36. The molecule has 1 saturated heterocycles. The summed E-state index contributed by atoms with van der Waals surface area (Å²) in [5, 5.41) is 3.47. The molecule has 1 heterocycles. The number of hydrogen-bond donors (Lipinski definition) is 1. The van der Waals surface area contributed by atoms with Gasteiger partial charge in [0.25, 0.3) is 0 Å². The van der Waals surface area contributed by atoms with E-state index >= 15 is 0 Å². The first kappa shape index (κ1) is 13.4. The summed E-state index contributed by atoms with van der Waals surface area (Å²) in [5.41, 5.74) is 1.58. The Morgan fingerprint density at radius 3 is 3.00 bits per heavy atom. The summed E-state index contributed by atoms with van der Waals surface area (Å²) < 4.78 is 10.9. The van der Waals surface area contributed by atoms with Crippen molar-refractivity contribution in [2.45, 2.75) is 19.8 Å². The zero-order chi connectivity index (χ0) is 12.8. The number of methoxy groups -OCH3 is 1. The summed E-state index contributed by atoms with van der Waals surface area (Å²) in [4.78, 5) is 0. The van der Waals surface area contributed by atoms with E-state index < -0.39 is 0 Å². The SMILES string of the molecule is CCNCC1(Cc2cccc(OC)c2)CCOC1. The van der Waals surface area contributed by atoms with Crippen LogP contribution in [0.1, 0.15) is 18.9 Å². The smallest absolute Gasteiger partial charge is 0.119 e. The molecule has 18 heavy (non-hydrogen) atoms. The Hall–Kier alpha value is -1.06. The normalized spacial score (nSPS) is 23.2. The van der Waals surface area contributed by atoms with Gasteiger partial charge in [0.1, 0.15) is 5.75 Å². The molecule has 0 radical (unpaired) electrons. The minimum Gasteiger partial charge on any atom is -0.497 e. The molecular formula is C15H23NO2. The Bertz CT molecular complexity index is 373. The van der Waals surface area contributed by atoms with Crippen molar-refractivity contribution < 1.29 is 9.47 Å². The number of rotatable bonds is 6. The zero-order valence-electron chi connectivity index (χ0n) is 11.4. The summed E-state index contributed by atoms with van der Waals surface area (Å²) in [6.07, 6.45) is 2.19. The maximum atomic E-state index is 5.62. The van der Waals surface area contributed by atoms with Gasteiger partial charge in [0.15, 0.2) is 0 Å². The molecule has 0 amide bonds. The number of ether oxygens (including phenoxy) is 2. The lowest BCUT2D eigenvalue weighted by atomic mass is 9.81. The van der Waals surface area contributed by atoms with Crippen molar-refractivity contribution in [3.05, 3.63) is 29.8 Å². The minimum atomic E-state index is 0.252. The van der Waals surface area contributed by atoms with E-state index in [0.717, 1.165) is 44.9 Å². The molecule has 0 spiro atoms. The van der Waals surface area contributed by atoms with Gasteiger partial charge in [0.2, 0.25) is 0 Å². The van der Waals surface area contributed by atoms with E-state index in [1.807, 2.05) is 6.07 Å². The summed E-state index contributed by atoms with van der Waals surface area (Å²) in [5.74, 6) is 0.935. The molecule has 1 atom stereocenters. The highest BCUT2D eigenvalue weighted by molar-refractivity contribution is 5.29. The van der Waals surface area contributed by atoms with Gasteiger partial charge in [0, 0.05) is 18.6 Å². The van der Waals surface area contributed by atoms with Gasteiger partial charge in [-0.2, -0.15) is 0 Å². The second-order valence-electron chi connectivity index (χ2n) is 5.11. The molecule has 1 aliphatic heterocycles. The molecule has 0 bridgehead atoms. The zero-order valence-corrected chi connectivity index (χ0v) is 11.4. The molecule has 1 unspecified atom stereocenters. The van der Waals surface area contributed by atoms with E-state index in [9.17, 15) is 0 Å². The minimum absolute atomic E-state index is 0.252. The second-order valence-corrected chi connectivity index (χ2v) is 5.11. The fraction of sp³-hybridized carbons (Fsp3) is 0.600. The molecule has 3 nitrogen and oxygen atoms in total. The molecule has 0 aromatic heterocycles. The van der Waals surface area contributed by atoms with Gasteiger partial charge in [-0.05, 0) is 37.1 Å². The van der Waals surface area contributed by atoms with Crippen molar-refractivity contribution in [1.82, 2.24) is 5.32 Å². The molecule has 3 heteroatoms. The predicted molar refractivity (Wildman–Crippen MR) is 73.1 cm³/mol. The first-order valence-electron chi connectivity index (χ1n) is 6.69. The van der Waals surface area contributed by atoms with Crippen LogP contribution in [0.25, 0.3) is 0 Å². The van der Waals surface area contributed by atoms with Crippen LogP contribution in [-0.2, 0) is 11.2 Å². The Kier molecular flexibility index (Phi) is 4.61. The predicted octanol–water partition coefficient (Wildman–Crippen LogP) is 2.25. The highest BCUT2D eigenvalue weighted by Gasteiger charge is 2.34. The van der Waals surface area contributed by atoms with Crippen LogP contribution in [0.3, 0.4) is 0 Å². The van der Waals surface area contributed by atoms with Gasteiger partial charge in [0.05, 0.1) is 13.7 Å². The van der Waals surface area contributed by atoms with Gasteiger partial charge in [-0.25, -0.2) is 0 Å². The molecule has 1 N–H and O–H groups in total. The topological polar surface area (TPSA) is 30.5 Å². The summed E-state index contributed by atoms with van der Waals surface area (Å²) in [6.45, 7) is 5.93. The second kappa shape index (κ2) is 6.21. The van der Waals surface area contributed by atoms with Gasteiger partial charge in [-0.3, -0.25) is 0 Å². The van der Waals surface area contributed by atoms with Crippen molar-refractivity contribution in [1.29, 1.82) is 0 Å². The third kappa shape index (κ3) is 3.24. The highest BCUT2D eigenvalue weighted by atomic mass is 16.5. The average molecular weight is 249 g/mol. The van der Waals surface area contributed by atoms with Gasteiger partial charge < -0.3 is 14.8 Å². The molecule has 100 valence electrons. The Morgan fingerprint density at radius 2 is 2.33 bits per heavy atom. The van der Waals surface area contributed by atoms with E-state index in [1.54, 1.807) is 7.11 Å². The third-order valence-corrected chi connectivity index (χ3v) is 3.65. The molecule has 1 aromatic rings. The van der Waals surface area contributed by atoms with Crippen LogP contribution < -0.4 is 10.1 Å². The molecular weight excluding hydrogens is 226 g/mol. The number of benzene rings is 1. The maximum absolute atomic E-state index is 5.62. The fourth-order valence-corrected chi connectivity index (χ4v) is 2.60. The van der Waals surface area contributed by atoms with Crippen LogP contribution in [0.4, 0.5) is 0 Å². The lowest BCUT2D eigenvalue weighted by molar-refractivity contribution is 0.149. The molecule has 1 aromatic carbocycles. The Balaban J connectivity index is 2.07. The molecule has 0 aliphatic carbocycles. The Morgan fingerprint density at radius 1 is 1.44 bits per heavy atom. The summed E-state index contributed by atoms with van der Waals surface area (Å²) in [6, 6.07) is 8.36. The van der Waals surface area contributed by atoms with Gasteiger partial charge in [-0.1, -0.05) is 19.1 Å². The first-order chi connectivity index (χ1) is 8.78. The quantitative estimate of drug-likeness (QED) is 0.839. The van der Waals surface area contributed by atoms with E-state index in [4.69, 9.17) is 9.47 Å². The van der Waals surface area contributed by atoms with Crippen LogP contribution in [0.2, 0.25) is 0 Å². The Labute approximate surface area is 109 Å². The van der Waals surface area contributed by atoms with Crippen LogP contribution >= 0.6 is 0 Å². The maximum Gasteiger partial charge on any atom is 0.119 e. The molecule has 1 fully saturated rings. The third-order valence-electron chi connectivity index (χ3n) is 3.65.